The van der Waals surface area contributed by atoms with Gasteiger partial charge in [-0.1, -0.05) is 0 Å². The van der Waals surface area contributed by atoms with Crippen molar-refractivity contribution in [3.63, 3.8) is 0 Å². The van der Waals surface area contributed by atoms with Crippen LogP contribution in [0, 0.1) is 0 Å². The maximum atomic E-state index is 12.0. The van der Waals surface area contributed by atoms with Crippen LogP contribution in [0.25, 0.3) is 0 Å². The molecule has 0 aromatic carbocycles. The van der Waals surface area contributed by atoms with Gasteiger partial charge < -0.3 is 9.67 Å². The van der Waals surface area contributed by atoms with E-state index >= 15 is 0 Å². The Balaban J connectivity index is 3.20. The van der Waals surface area contributed by atoms with Gasteiger partial charge in [-0.2, -0.15) is 0 Å². The van der Waals surface area contributed by atoms with Crippen molar-refractivity contribution in [2.45, 2.75) is 24.8 Å². The summed E-state index contributed by atoms with van der Waals surface area (Å²) >= 11 is 0. The number of carboxylic acid groups (broad SMARTS) is 1. The third-order valence-corrected chi connectivity index (χ3v) is 3.72. The topological polar surface area (TPSA) is 88.4 Å². The number of carboxylic acids is 1. The lowest BCUT2D eigenvalue weighted by molar-refractivity contribution is 0.0683. The van der Waals surface area contributed by atoms with Crippen LogP contribution in [0.3, 0.4) is 0 Å². The van der Waals surface area contributed by atoms with Crippen molar-refractivity contribution in [1.82, 2.24) is 9.29 Å². The number of aromatic nitrogens is 1. The van der Waals surface area contributed by atoms with Crippen LogP contribution in [-0.4, -0.2) is 37.3 Å². The Hall–Kier alpha value is -1.41. The van der Waals surface area contributed by atoms with Crippen molar-refractivity contribution in [1.29, 1.82) is 0 Å². The number of carbonyl (C=O) groups is 1. The fourth-order valence-electron chi connectivity index (χ4n) is 1.46. The van der Waals surface area contributed by atoms with Gasteiger partial charge >= 0.3 is 5.97 Å². The van der Waals surface area contributed by atoms with E-state index in [1.165, 1.54) is 10.8 Å². The molecule has 102 valence electrons. The van der Waals surface area contributed by atoms with Crippen LogP contribution in [0.5, 0.6) is 0 Å². The highest BCUT2D eigenvalue weighted by atomic mass is 32.2. The first-order valence-corrected chi connectivity index (χ1v) is 6.78. The van der Waals surface area contributed by atoms with E-state index < -0.39 is 22.7 Å². The zero-order valence-electron chi connectivity index (χ0n) is 10.1. The number of nitrogens with zero attached hydrogens (tertiary/aromatic N) is 1. The molecule has 1 heterocycles. The Labute approximate surface area is 104 Å². The van der Waals surface area contributed by atoms with Gasteiger partial charge in [0.25, 0.3) is 0 Å². The molecule has 1 rings (SSSR count). The van der Waals surface area contributed by atoms with E-state index in [9.17, 15) is 17.6 Å². The third-order valence-electron chi connectivity index (χ3n) is 2.30. The number of rotatable bonds is 6. The van der Waals surface area contributed by atoms with E-state index in [0.717, 1.165) is 6.07 Å². The number of hydrogen-bond acceptors (Lipinski definition) is 3. The van der Waals surface area contributed by atoms with Crippen LogP contribution < -0.4 is 4.72 Å². The highest BCUT2D eigenvalue weighted by Crippen LogP contribution is 2.18. The van der Waals surface area contributed by atoms with Crippen molar-refractivity contribution < 1.29 is 22.7 Å². The number of sulfonamides is 1. The molecule has 1 aromatic heterocycles. The van der Waals surface area contributed by atoms with Gasteiger partial charge in [-0.15, -0.1) is 0 Å². The van der Waals surface area contributed by atoms with Gasteiger partial charge in [0, 0.05) is 18.8 Å². The Morgan fingerprint density at radius 1 is 1.56 bits per heavy atom. The van der Waals surface area contributed by atoms with Gasteiger partial charge in [0.15, 0.2) is 0 Å². The zero-order valence-corrected chi connectivity index (χ0v) is 10.9. The average molecular weight is 278 g/mol. The SMILES string of the molecule is CC(C)n1cc(S(=O)(=O)NCCF)cc1C(=O)O. The Bertz CT molecular complexity index is 536. The van der Waals surface area contributed by atoms with Gasteiger partial charge in [0.05, 0.1) is 0 Å². The van der Waals surface area contributed by atoms with E-state index in [4.69, 9.17) is 5.11 Å². The van der Waals surface area contributed by atoms with Gasteiger partial charge in [0.2, 0.25) is 10.0 Å². The van der Waals surface area contributed by atoms with Crippen LogP contribution >= 0.6 is 0 Å². The summed E-state index contributed by atoms with van der Waals surface area (Å²) in [7, 11) is -3.87. The maximum absolute atomic E-state index is 12.0. The van der Waals surface area contributed by atoms with Crippen LogP contribution in [-0.2, 0) is 10.0 Å². The van der Waals surface area contributed by atoms with E-state index in [0.29, 0.717) is 0 Å². The molecule has 0 aliphatic rings. The third kappa shape index (κ3) is 3.08. The molecular weight excluding hydrogens is 263 g/mol. The van der Waals surface area contributed by atoms with Gasteiger partial charge in [0.1, 0.15) is 17.3 Å². The fraction of sp³-hybridized carbons (Fsp3) is 0.500. The molecule has 2 N–H and O–H groups in total. The monoisotopic (exact) mass is 278 g/mol. The Morgan fingerprint density at radius 3 is 2.56 bits per heavy atom. The summed E-state index contributed by atoms with van der Waals surface area (Å²) in [5, 5.41) is 8.97. The number of hydrogen-bond donors (Lipinski definition) is 2. The molecule has 18 heavy (non-hydrogen) atoms. The first kappa shape index (κ1) is 14.7. The van der Waals surface area contributed by atoms with Crippen molar-refractivity contribution in [2.75, 3.05) is 13.2 Å². The Morgan fingerprint density at radius 2 is 2.17 bits per heavy atom. The normalized spacial score (nSPS) is 12.0. The van der Waals surface area contributed by atoms with Crippen molar-refractivity contribution in [3.05, 3.63) is 18.0 Å². The molecule has 0 aliphatic carbocycles. The lowest BCUT2D eigenvalue weighted by Crippen LogP contribution is -2.25. The number of nitrogens with one attached hydrogen (secondary N) is 1. The molecule has 1 aromatic rings. The van der Waals surface area contributed by atoms with Crippen LogP contribution in [0.4, 0.5) is 4.39 Å². The van der Waals surface area contributed by atoms with Crippen LogP contribution in [0.1, 0.15) is 30.4 Å². The molecule has 0 fully saturated rings. The largest absolute Gasteiger partial charge is 0.477 e. The minimum atomic E-state index is -3.87. The summed E-state index contributed by atoms with van der Waals surface area (Å²) in [6, 6.07) is 0.865. The van der Waals surface area contributed by atoms with Gasteiger partial charge in [-0.3, -0.25) is 0 Å². The molecule has 0 aliphatic heterocycles. The average Bonchev–Trinajstić information content (AvgIpc) is 2.72. The van der Waals surface area contributed by atoms with E-state index in [2.05, 4.69) is 0 Å². The smallest absolute Gasteiger partial charge is 0.352 e. The summed E-state index contributed by atoms with van der Waals surface area (Å²) in [5.74, 6) is -1.21. The first-order chi connectivity index (χ1) is 8.29. The first-order valence-electron chi connectivity index (χ1n) is 5.30. The predicted molar refractivity (Wildman–Crippen MR) is 62.9 cm³/mol. The zero-order chi connectivity index (χ0) is 13.9. The number of halogens is 1. The molecule has 8 heteroatoms. The molecule has 0 amide bonds. The lowest BCUT2D eigenvalue weighted by atomic mass is 10.3. The number of alkyl halides is 1. The quantitative estimate of drug-likeness (QED) is 0.813. The molecule has 6 nitrogen and oxygen atoms in total. The predicted octanol–water partition coefficient (Wildman–Crippen LogP) is 1.02. The summed E-state index contributed by atoms with van der Waals surface area (Å²) < 4.78 is 38.8. The summed E-state index contributed by atoms with van der Waals surface area (Å²) in [5.41, 5.74) is -0.120. The maximum Gasteiger partial charge on any atom is 0.352 e. The standard InChI is InChI=1S/C10H15FN2O4S/c1-7(2)13-6-8(5-9(13)10(14)15)18(16,17)12-4-3-11/h5-7,12H,3-4H2,1-2H3,(H,14,15). The molecular formula is C10H15FN2O4S. The molecule has 0 bridgehead atoms. The molecule has 0 spiro atoms. The summed E-state index contributed by atoms with van der Waals surface area (Å²) in [6.07, 6.45) is 1.23. The molecule has 0 saturated carbocycles. The van der Waals surface area contributed by atoms with E-state index in [-0.39, 0.29) is 23.2 Å². The minimum Gasteiger partial charge on any atom is -0.477 e. The minimum absolute atomic E-state index is 0.120. The van der Waals surface area contributed by atoms with Crippen molar-refractivity contribution in [3.8, 4) is 0 Å². The van der Waals surface area contributed by atoms with Crippen molar-refractivity contribution >= 4 is 16.0 Å². The lowest BCUT2D eigenvalue weighted by Gasteiger charge is -2.09. The van der Waals surface area contributed by atoms with Gasteiger partial charge in [-0.05, 0) is 19.9 Å². The molecule has 0 saturated heterocycles. The van der Waals surface area contributed by atoms with Crippen molar-refractivity contribution in [2.24, 2.45) is 0 Å². The molecule has 0 unspecified atom stereocenters. The second-order valence-electron chi connectivity index (χ2n) is 3.95. The van der Waals surface area contributed by atoms with Crippen LogP contribution in [0.15, 0.2) is 17.2 Å². The fourth-order valence-corrected chi connectivity index (χ4v) is 2.49. The molecule has 0 radical (unpaired) electrons. The second kappa shape index (κ2) is 5.49. The Kier molecular flexibility index (Phi) is 4.47. The highest BCUT2D eigenvalue weighted by Gasteiger charge is 2.21. The summed E-state index contributed by atoms with van der Waals surface area (Å²) in [6.45, 7) is 2.31. The summed E-state index contributed by atoms with van der Waals surface area (Å²) in [4.78, 5) is 10.8. The second-order valence-corrected chi connectivity index (χ2v) is 5.72. The van der Waals surface area contributed by atoms with E-state index in [1.807, 2.05) is 4.72 Å². The van der Waals surface area contributed by atoms with Crippen LogP contribution in [0.2, 0.25) is 0 Å². The van der Waals surface area contributed by atoms with Gasteiger partial charge in [-0.25, -0.2) is 22.3 Å². The highest BCUT2D eigenvalue weighted by molar-refractivity contribution is 7.89. The number of aromatic carboxylic acids is 1. The molecule has 0 atom stereocenters. The van der Waals surface area contributed by atoms with E-state index in [1.54, 1.807) is 13.8 Å².